The Hall–Kier alpha value is -3.28. The quantitative estimate of drug-likeness (QED) is 0.347. The van der Waals surface area contributed by atoms with Gasteiger partial charge >= 0.3 is 7.05 Å². The number of anilines is 2. The molecule has 0 bridgehead atoms. The minimum atomic E-state index is -0.468. The molecular weight excluding hydrogens is 497 g/mol. The Kier molecular flexibility index (Phi) is 6.31. The second kappa shape index (κ2) is 9.53. The van der Waals surface area contributed by atoms with Crippen molar-refractivity contribution >= 4 is 51.2 Å². The summed E-state index contributed by atoms with van der Waals surface area (Å²) in [6.07, 6.45) is 4.94. The highest BCUT2D eigenvalue weighted by Crippen LogP contribution is 2.27. The maximum Gasteiger partial charge on any atom is 0.376 e. The summed E-state index contributed by atoms with van der Waals surface area (Å²) in [5.41, 5.74) is 3.48. The number of nitrogens with one attached hydrogen (secondary N) is 2. The second-order valence-electron chi connectivity index (χ2n) is 8.18. The Morgan fingerprint density at radius 1 is 1.15 bits per heavy atom. The summed E-state index contributed by atoms with van der Waals surface area (Å²) >= 11 is 3.48. The summed E-state index contributed by atoms with van der Waals surface area (Å²) in [7, 11) is -0.468. The van der Waals surface area contributed by atoms with E-state index in [0.29, 0.717) is 11.5 Å². The van der Waals surface area contributed by atoms with Crippen molar-refractivity contribution in [3.63, 3.8) is 0 Å². The van der Waals surface area contributed by atoms with Gasteiger partial charge in [0.05, 0.1) is 23.3 Å². The Morgan fingerprint density at radius 3 is 2.76 bits per heavy atom. The Morgan fingerprint density at radius 2 is 1.97 bits per heavy atom. The summed E-state index contributed by atoms with van der Waals surface area (Å²) in [5.74, 6) is 0.111. The van der Waals surface area contributed by atoms with Crippen LogP contribution >= 0.6 is 15.9 Å². The van der Waals surface area contributed by atoms with E-state index in [1.807, 2.05) is 35.1 Å². The number of nitrogens with zero attached hydrogens (tertiary/aromatic N) is 5. The van der Waals surface area contributed by atoms with Crippen LogP contribution in [0.25, 0.3) is 22.4 Å². The lowest BCUT2D eigenvalue weighted by Gasteiger charge is -2.37. The third kappa shape index (κ3) is 4.67. The van der Waals surface area contributed by atoms with Gasteiger partial charge in [0.15, 0.2) is 5.82 Å². The average Bonchev–Trinajstić information content (AvgIpc) is 3.28. The third-order valence-corrected chi connectivity index (χ3v) is 6.43. The van der Waals surface area contributed by atoms with Crippen LogP contribution in [0.4, 0.5) is 11.4 Å². The van der Waals surface area contributed by atoms with Crippen molar-refractivity contribution in [2.75, 3.05) is 36.4 Å². The number of aromatic nitrogens is 4. The van der Waals surface area contributed by atoms with Crippen molar-refractivity contribution in [1.29, 1.82) is 0 Å². The zero-order valence-electron chi connectivity index (χ0n) is 18.6. The molecule has 1 fully saturated rings. The number of aromatic amines is 1. The number of H-pyrrole nitrogens is 1. The number of pyridine rings is 1. The zero-order valence-corrected chi connectivity index (χ0v) is 20.2. The Labute approximate surface area is 205 Å². The molecule has 1 aliphatic rings. The molecular formula is C23H23BBrN7O2. The van der Waals surface area contributed by atoms with Gasteiger partial charge in [-0.25, -0.2) is 9.97 Å². The van der Waals surface area contributed by atoms with E-state index in [2.05, 4.69) is 46.1 Å². The van der Waals surface area contributed by atoms with Gasteiger partial charge in [-0.05, 0) is 43.2 Å². The SMILES string of the molecule is CB(O)N1CCN(c2ccncc2NC(=O)c2ccnc(-c3cc4cc(Br)ccc4[nH]3)n2)CC1. The number of carbonyl (C=O) groups excluding carboxylic acids is 1. The number of hydrogen-bond donors (Lipinski definition) is 3. The molecule has 0 saturated carbocycles. The molecule has 3 N–H and O–H groups in total. The van der Waals surface area contributed by atoms with Crippen molar-refractivity contribution in [2.24, 2.45) is 0 Å². The van der Waals surface area contributed by atoms with Gasteiger partial charge in [0.2, 0.25) is 0 Å². The number of hydrogen-bond acceptors (Lipinski definition) is 7. The molecule has 1 saturated heterocycles. The predicted octanol–water partition coefficient (Wildman–Crippen LogP) is 3.27. The zero-order chi connectivity index (χ0) is 23.7. The predicted molar refractivity (Wildman–Crippen MR) is 137 cm³/mol. The van der Waals surface area contributed by atoms with Crippen molar-refractivity contribution in [3.8, 4) is 11.5 Å². The van der Waals surface area contributed by atoms with Crippen molar-refractivity contribution < 1.29 is 9.82 Å². The molecule has 4 heterocycles. The summed E-state index contributed by atoms with van der Waals surface area (Å²) in [6, 6.07) is 11.4. The lowest BCUT2D eigenvalue weighted by molar-refractivity contribution is 0.102. The summed E-state index contributed by atoms with van der Waals surface area (Å²) in [5, 5.41) is 13.8. The molecule has 1 amide bonds. The number of amides is 1. The van der Waals surface area contributed by atoms with E-state index in [4.69, 9.17) is 0 Å². The van der Waals surface area contributed by atoms with E-state index in [-0.39, 0.29) is 11.6 Å². The molecule has 4 aromatic rings. The minimum absolute atomic E-state index is 0.263. The van der Waals surface area contributed by atoms with Gasteiger partial charge in [0, 0.05) is 53.9 Å². The first-order chi connectivity index (χ1) is 16.5. The van der Waals surface area contributed by atoms with Crippen LogP contribution in [0.3, 0.4) is 0 Å². The molecule has 0 unspecified atom stereocenters. The molecule has 0 atom stereocenters. The van der Waals surface area contributed by atoms with Crippen LogP contribution in [0, 0.1) is 0 Å². The first-order valence-corrected chi connectivity index (χ1v) is 11.8. The van der Waals surface area contributed by atoms with Crippen molar-refractivity contribution in [1.82, 2.24) is 24.7 Å². The number of halogens is 1. The molecule has 34 heavy (non-hydrogen) atoms. The van der Waals surface area contributed by atoms with Gasteiger partial charge in [-0.3, -0.25) is 9.78 Å². The minimum Gasteiger partial charge on any atom is -0.437 e. The molecule has 0 radical (unpaired) electrons. The van der Waals surface area contributed by atoms with Crippen molar-refractivity contribution in [3.05, 3.63) is 65.2 Å². The largest absolute Gasteiger partial charge is 0.437 e. The fourth-order valence-corrected chi connectivity index (χ4v) is 4.50. The normalized spacial score (nSPS) is 14.4. The van der Waals surface area contributed by atoms with E-state index in [1.165, 1.54) is 0 Å². The van der Waals surface area contributed by atoms with E-state index < -0.39 is 7.05 Å². The molecule has 1 aliphatic heterocycles. The standard InChI is InChI=1S/C23H23BBrN7O2/c1-24(34)32-10-8-31(9-11-32)21-5-6-26-14-20(21)30-23(33)18-4-7-27-22(29-18)19-13-15-12-16(25)2-3-17(15)28-19/h2-7,12-14,28,34H,8-11H2,1H3,(H,30,33). The van der Waals surface area contributed by atoms with Gasteiger partial charge in [-0.2, -0.15) is 0 Å². The smallest absolute Gasteiger partial charge is 0.376 e. The first-order valence-electron chi connectivity index (χ1n) is 11.0. The van der Waals surface area contributed by atoms with Crippen LogP contribution in [-0.4, -0.2) is 68.9 Å². The van der Waals surface area contributed by atoms with Gasteiger partial charge < -0.3 is 25.0 Å². The van der Waals surface area contributed by atoms with Crippen LogP contribution < -0.4 is 10.2 Å². The molecule has 172 valence electrons. The van der Waals surface area contributed by atoms with Crippen LogP contribution in [0.2, 0.25) is 6.82 Å². The van der Waals surface area contributed by atoms with E-state index >= 15 is 0 Å². The van der Waals surface area contributed by atoms with E-state index in [1.54, 1.807) is 31.5 Å². The maximum absolute atomic E-state index is 13.1. The topological polar surface area (TPSA) is 110 Å². The molecule has 0 spiro atoms. The molecule has 3 aromatic heterocycles. The van der Waals surface area contributed by atoms with Gasteiger partial charge in [0.25, 0.3) is 5.91 Å². The maximum atomic E-state index is 13.1. The Balaban J connectivity index is 1.35. The van der Waals surface area contributed by atoms with Gasteiger partial charge in [-0.15, -0.1) is 0 Å². The molecule has 9 nitrogen and oxygen atoms in total. The lowest BCUT2D eigenvalue weighted by Crippen LogP contribution is -2.51. The van der Waals surface area contributed by atoms with Crippen LogP contribution in [0.15, 0.2) is 59.5 Å². The lowest BCUT2D eigenvalue weighted by atomic mass is 9.84. The van der Waals surface area contributed by atoms with Gasteiger partial charge in [0.1, 0.15) is 5.69 Å². The second-order valence-corrected chi connectivity index (χ2v) is 9.10. The number of fused-ring (bicyclic) bond motifs is 1. The highest BCUT2D eigenvalue weighted by atomic mass is 79.9. The summed E-state index contributed by atoms with van der Waals surface area (Å²) < 4.78 is 0.985. The molecule has 11 heteroatoms. The third-order valence-electron chi connectivity index (χ3n) is 5.94. The van der Waals surface area contributed by atoms with Crippen LogP contribution in [0.5, 0.6) is 0 Å². The number of benzene rings is 1. The number of piperazine rings is 1. The fourth-order valence-electron chi connectivity index (χ4n) is 4.12. The monoisotopic (exact) mass is 519 g/mol. The highest BCUT2D eigenvalue weighted by molar-refractivity contribution is 9.10. The van der Waals surface area contributed by atoms with E-state index in [0.717, 1.165) is 52.9 Å². The molecule has 1 aromatic carbocycles. The number of carbonyl (C=O) groups is 1. The Bertz CT molecular complexity index is 1340. The van der Waals surface area contributed by atoms with Crippen LogP contribution in [-0.2, 0) is 0 Å². The highest BCUT2D eigenvalue weighted by Gasteiger charge is 2.24. The first kappa shape index (κ1) is 22.5. The molecule has 5 rings (SSSR count). The summed E-state index contributed by atoms with van der Waals surface area (Å²) in [6.45, 7) is 4.74. The molecule has 0 aliphatic carbocycles. The van der Waals surface area contributed by atoms with Gasteiger partial charge in [-0.1, -0.05) is 15.9 Å². The number of rotatable bonds is 5. The van der Waals surface area contributed by atoms with Crippen LogP contribution in [0.1, 0.15) is 10.5 Å². The average molecular weight is 520 g/mol. The van der Waals surface area contributed by atoms with Crippen molar-refractivity contribution in [2.45, 2.75) is 6.82 Å². The van der Waals surface area contributed by atoms with E-state index in [9.17, 15) is 9.82 Å². The summed E-state index contributed by atoms with van der Waals surface area (Å²) in [4.78, 5) is 33.6. The fraction of sp³-hybridized carbons (Fsp3) is 0.217.